The van der Waals surface area contributed by atoms with Gasteiger partial charge in [-0.05, 0) is 26.0 Å². The Kier molecular flexibility index (Phi) is 5.75. The molecule has 4 heterocycles. The van der Waals surface area contributed by atoms with Gasteiger partial charge in [0.1, 0.15) is 17.7 Å². The Morgan fingerprint density at radius 3 is 2.84 bits per heavy atom. The Labute approximate surface area is 203 Å². The monoisotopic (exact) mass is 569 g/mol. The molecule has 1 aromatic carbocycles. The largest absolute Gasteiger partial charge is 0.487 e. The molecular formula is C22H22ClFIN5O2. The summed E-state index contributed by atoms with van der Waals surface area (Å²) in [7, 11) is 0. The van der Waals surface area contributed by atoms with Crippen molar-refractivity contribution in [3.63, 3.8) is 0 Å². The summed E-state index contributed by atoms with van der Waals surface area (Å²) in [6, 6.07) is 4.10. The fraction of sp³-hybridized carbons (Fsp3) is 0.409. The molecule has 1 amide bonds. The van der Waals surface area contributed by atoms with Crippen LogP contribution >= 0.6 is 34.2 Å². The lowest BCUT2D eigenvalue weighted by Gasteiger charge is -2.39. The topological polar surface area (TPSA) is 63.0 Å². The van der Waals surface area contributed by atoms with Crippen molar-refractivity contribution < 1.29 is 13.9 Å². The van der Waals surface area contributed by atoms with Crippen LogP contribution in [-0.4, -0.2) is 60.5 Å². The molecule has 0 atom stereocenters. The highest BCUT2D eigenvalue weighted by molar-refractivity contribution is 14.1. The molecule has 2 aliphatic rings. The molecule has 3 aromatic rings. The zero-order chi connectivity index (χ0) is 22.6. The van der Waals surface area contributed by atoms with Crippen molar-refractivity contribution in [3.05, 3.63) is 57.2 Å². The van der Waals surface area contributed by atoms with Gasteiger partial charge in [-0.25, -0.2) is 13.9 Å². The van der Waals surface area contributed by atoms with Gasteiger partial charge in [-0.3, -0.25) is 9.69 Å². The number of hydrogen-bond donors (Lipinski definition) is 0. The first-order chi connectivity index (χ1) is 15.4. The first-order valence-electron chi connectivity index (χ1n) is 10.4. The second kappa shape index (κ2) is 8.42. The lowest BCUT2D eigenvalue weighted by atomic mass is 10.1. The van der Waals surface area contributed by atoms with Crippen LogP contribution in [0, 0.1) is 19.7 Å². The third-order valence-electron chi connectivity index (χ3n) is 6.04. The molecule has 1 fully saturated rings. The standard InChI is InChI=1S/C22H22ClFIN5O2/c1-12-20(23)13(2)30-21(26-12)17-10-29(11-18(17)27-30)22(31)16-4-3-14(24)7-19(16)32-15-8-28(9-15)6-5-25/h3-4,7,15H,5-6,8-11H2,1-2H3. The Balaban J connectivity index is 1.38. The number of halogens is 3. The van der Waals surface area contributed by atoms with Crippen LogP contribution in [0.2, 0.25) is 5.02 Å². The average Bonchev–Trinajstić information content (AvgIpc) is 3.29. The molecule has 0 N–H and O–H groups in total. The number of alkyl halides is 1. The summed E-state index contributed by atoms with van der Waals surface area (Å²) in [6.07, 6.45) is -0.0359. The van der Waals surface area contributed by atoms with Gasteiger partial charge in [0, 0.05) is 35.7 Å². The van der Waals surface area contributed by atoms with E-state index in [2.05, 4.69) is 37.6 Å². The number of aromatic nitrogens is 3. The van der Waals surface area contributed by atoms with Crippen LogP contribution in [0.5, 0.6) is 5.75 Å². The van der Waals surface area contributed by atoms with Gasteiger partial charge in [-0.15, -0.1) is 0 Å². The molecule has 10 heteroatoms. The highest BCUT2D eigenvalue weighted by Crippen LogP contribution is 2.32. The van der Waals surface area contributed by atoms with E-state index in [-0.39, 0.29) is 12.0 Å². The van der Waals surface area contributed by atoms with Crippen molar-refractivity contribution in [3.8, 4) is 5.75 Å². The van der Waals surface area contributed by atoms with Gasteiger partial charge in [-0.2, -0.15) is 5.10 Å². The van der Waals surface area contributed by atoms with Gasteiger partial charge in [-0.1, -0.05) is 34.2 Å². The van der Waals surface area contributed by atoms with E-state index in [0.717, 1.165) is 52.4 Å². The molecule has 32 heavy (non-hydrogen) atoms. The summed E-state index contributed by atoms with van der Waals surface area (Å²) in [5.74, 6) is -0.333. The number of fused-ring (bicyclic) bond motifs is 3. The van der Waals surface area contributed by atoms with Gasteiger partial charge in [0.05, 0.1) is 40.8 Å². The first kappa shape index (κ1) is 21.8. The minimum absolute atomic E-state index is 0.0359. The SMILES string of the molecule is Cc1nc2c3c(nn2c(C)c1Cl)CN(C(=O)c1ccc(F)cc1OC1CN(CCI)C1)C3. The predicted octanol–water partition coefficient (Wildman–Crippen LogP) is 3.79. The highest BCUT2D eigenvalue weighted by atomic mass is 127. The smallest absolute Gasteiger partial charge is 0.258 e. The van der Waals surface area contributed by atoms with Gasteiger partial charge in [0.25, 0.3) is 5.91 Å². The second-order valence-corrected chi connectivity index (χ2v) is 9.70. The maximum Gasteiger partial charge on any atom is 0.258 e. The molecule has 2 aromatic heterocycles. The summed E-state index contributed by atoms with van der Waals surface area (Å²) in [5, 5.41) is 5.22. The van der Waals surface area contributed by atoms with Crippen LogP contribution < -0.4 is 4.74 Å². The van der Waals surface area contributed by atoms with E-state index in [1.54, 1.807) is 9.42 Å². The number of nitrogens with zero attached hydrogens (tertiary/aromatic N) is 5. The zero-order valence-electron chi connectivity index (χ0n) is 17.7. The number of hydrogen-bond acceptors (Lipinski definition) is 5. The molecule has 5 rings (SSSR count). The van der Waals surface area contributed by atoms with E-state index in [4.69, 9.17) is 16.3 Å². The fourth-order valence-corrected chi connectivity index (χ4v) is 5.08. The van der Waals surface area contributed by atoms with E-state index >= 15 is 0 Å². The third kappa shape index (κ3) is 3.73. The van der Waals surface area contributed by atoms with Gasteiger partial charge in [0.15, 0.2) is 5.65 Å². The normalized spacial score (nSPS) is 16.5. The van der Waals surface area contributed by atoms with Crippen molar-refractivity contribution in [2.45, 2.75) is 33.0 Å². The Morgan fingerprint density at radius 2 is 2.09 bits per heavy atom. The first-order valence-corrected chi connectivity index (χ1v) is 12.3. The van der Waals surface area contributed by atoms with Crippen LogP contribution in [-0.2, 0) is 13.1 Å². The molecule has 0 radical (unpaired) electrons. The lowest BCUT2D eigenvalue weighted by molar-refractivity contribution is 0.0238. The highest BCUT2D eigenvalue weighted by Gasteiger charge is 2.33. The van der Waals surface area contributed by atoms with Gasteiger partial charge >= 0.3 is 0 Å². The average molecular weight is 570 g/mol. The molecule has 0 aliphatic carbocycles. The number of amides is 1. The van der Waals surface area contributed by atoms with Crippen LogP contribution in [0.25, 0.3) is 5.65 Å². The molecular weight excluding hydrogens is 548 g/mol. The number of aryl methyl sites for hydroxylation is 2. The summed E-state index contributed by atoms with van der Waals surface area (Å²) in [6.45, 7) is 7.07. The van der Waals surface area contributed by atoms with E-state index in [1.165, 1.54) is 18.2 Å². The molecule has 0 bridgehead atoms. The fourth-order valence-electron chi connectivity index (χ4n) is 4.28. The zero-order valence-corrected chi connectivity index (χ0v) is 20.7. The van der Waals surface area contributed by atoms with Crippen molar-refractivity contribution in [1.82, 2.24) is 24.4 Å². The summed E-state index contributed by atoms with van der Waals surface area (Å²) >= 11 is 8.66. The van der Waals surface area contributed by atoms with Gasteiger partial charge in [0.2, 0.25) is 0 Å². The van der Waals surface area contributed by atoms with Crippen LogP contribution in [0.15, 0.2) is 18.2 Å². The lowest BCUT2D eigenvalue weighted by Crippen LogP contribution is -2.54. The summed E-state index contributed by atoms with van der Waals surface area (Å²) < 4.78 is 22.8. The maximum absolute atomic E-state index is 14.0. The predicted molar refractivity (Wildman–Crippen MR) is 127 cm³/mol. The Bertz CT molecular complexity index is 1230. The molecule has 0 saturated carbocycles. The Morgan fingerprint density at radius 1 is 1.31 bits per heavy atom. The Hall–Kier alpha value is -1.98. The van der Waals surface area contributed by atoms with Crippen LogP contribution in [0.1, 0.15) is 33.0 Å². The number of rotatable bonds is 5. The molecule has 0 spiro atoms. The van der Waals surface area contributed by atoms with Crippen molar-refractivity contribution >= 4 is 45.7 Å². The third-order valence-corrected chi connectivity index (χ3v) is 7.06. The summed E-state index contributed by atoms with van der Waals surface area (Å²) in [4.78, 5) is 21.9. The number of ether oxygens (including phenoxy) is 1. The van der Waals surface area contributed by atoms with E-state index < -0.39 is 5.82 Å². The van der Waals surface area contributed by atoms with E-state index in [0.29, 0.717) is 29.4 Å². The quantitative estimate of drug-likeness (QED) is 0.346. The molecule has 0 unspecified atom stereocenters. The number of benzene rings is 1. The molecule has 168 valence electrons. The van der Waals surface area contributed by atoms with Crippen LogP contribution in [0.4, 0.5) is 4.39 Å². The minimum Gasteiger partial charge on any atom is -0.487 e. The van der Waals surface area contributed by atoms with Gasteiger partial charge < -0.3 is 9.64 Å². The maximum atomic E-state index is 14.0. The second-order valence-electron chi connectivity index (χ2n) is 8.25. The van der Waals surface area contributed by atoms with Crippen molar-refractivity contribution in [2.75, 3.05) is 24.1 Å². The molecule has 1 saturated heterocycles. The summed E-state index contributed by atoms with van der Waals surface area (Å²) in [5.41, 5.74) is 4.36. The molecule has 7 nitrogen and oxygen atoms in total. The van der Waals surface area contributed by atoms with Crippen LogP contribution in [0.3, 0.4) is 0 Å². The van der Waals surface area contributed by atoms with Crippen molar-refractivity contribution in [1.29, 1.82) is 0 Å². The number of likely N-dealkylation sites (tertiary alicyclic amines) is 1. The van der Waals surface area contributed by atoms with Crippen molar-refractivity contribution in [2.24, 2.45) is 0 Å². The number of carbonyl (C=O) groups is 1. The van der Waals surface area contributed by atoms with E-state index in [9.17, 15) is 9.18 Å². The molecule has 2 aliphatic heterocycles. The minimum atomic E-state index is -0.422. The van der Waals surface area contributed by atoms with E-state index in [1.807, 2.05) is 13.8 Å². The number of carbonyl (C=O) groups excluding carboxylic acids is 1.